The molecule has 3 aromatic rings. The minimum atomic E-state index is -0.481. The third-order valence-corrected chi connectivity index (χ3v) is 5.13. The van der Waals surface area contributed by atoms with Gasteiger partial charge in [-0.25, -0.2) is 9.97 Å². The van der Waals surface area contributed by atoms with Gasteiger partial charge in [0.2, 0.25) is 0 Å². The van der Waals surface area contributed by atoms with Gasteiger partial charge in [-0.05, 0) is 36.1 Å². The normalized spacial score (nSPS) is 13.5. The zero-order chi connectivity index (χ0) is 16.4. The molecular formula is C19H17N3OS. The summed E-state index contributed by atoms with van der Waals surface area (Å²) in [4.78, 5) is 9.74. The van der Waals surface area contributed by atoms with Gasteiger partial charge in [-0.2, -0.15) is 0 Å². The molecule has 4 nitrogen and oxygen atoms in total. The summed E-state index contributed by atoms with van der Waals surface area (Å²) >= 11 is 1.60. The second-order valence-electron chi connectivity index (χ2n) is 5.73. The number of aryl methyl sites for hydroxylation is 1. The molecule has 0 radical (unpaired) electrons. The molecule has 1 aliphatic heterocycles. The topological polar surface area (TPSA) is 58.0 Å². The van der Waals surface area contributed by atoms with E-state index >= 15 is 0 Å². The highest BCUT2D eigenvalue weighted by Crippen LogP contribution is 2.42. The highest BCUT2D eigenvalue weighted by Gasteiger charge is 2.19. The average molecular weight is 335 g/mol. The second kappa shape index (κ2) is 6.63. The largest absolute Gasteiger partial charge is 0.388 e. The van der Waals surface area contributed by atoms with Crippen LogP contribution in [0.25, 0.3) is 0 Å². The molecule has 4 rings (SSSR count). The van der Waals surface area contributed by atoms with Gasteiger partial charge < -0.3 is 10.4 Å². The van der Waals surface area contributed by atoms with Crippen molar-refractivity contribution in [3.05, 3.63) is 72.1 Å². The van der Waals surface area contributed by atoms with Gasteiger partial charge in [-0.15, -0.1) is 0 Å². The van der Waals surface area contributed by atoms with Gasteiger partial charge in [0.1, 0.15) is 5.03 Å². The first-order chi connectivity index (χ1) is 11.8. The average Bonchev–Trinajstić information content (AvgIpc) is 2.64. The molecule has 0 saturated heterocycles. The van der Waals surface area contributed by atoms with E-state index in [2.05, 4.69) is 27.4 Å². The van der Waals surface area contributed by atoms with Crippen molar-refractivity contribution in [3.63, 3.8) is 0 Å². The first kappa shape index (κ1) is 15.2. The maximum Gasteiger partial charge on any atom is 0.163 e. The lowest BCUT2D eigenvalue weighted by Gasteiger charge is -2.20. The van der Waals surface area contributed by atoms with Gasteiger partial charge in [0.15, 0.2) is 5.82 Å². The number of anilines is 2. The van der Waals surface area contributed by atoms with Crippen LogP contribution in [0.15, 0.2) is 70.8 Å². The SMILES string of the molecule is OC(CCc1ccccc1)c1ccc2c(c1)Nc1nccnc1S2. The zero-order valence-electron chi connectivity index (χ0n) is 13.0. The Morgan fingerprint density at radius 3 is 2.75 bits per heavy atom. The highest BCUT2D eigenvalue weighted by molar-refractivity contribution is 7.99. The third kappa shape index (κ3) is 3.13. The summed E-state index contributed by atoms with van der Waals surface area (Å²) in [5.41, 5.74) is 3.14. The van der Waals surface area contributed by atoms with Crippen molar-refractivity contribution >= 4 is 23.3 Å². The van der Waals surface area contributed by atoms with E-state index in [4.69, 9.17) is 0 Å². The number of fused-ring (bicyclic) bond motifs is 2. The number of aromatic nitrogens is 2. The lowest BCUT2D eigenvalue weighted by molar-refractivity contribution is 0.168. The molecule has 0 bridgehead atoms. The predicted octanol–water partition coefficient (Wildman–Crippen LogP) is 4.35. The summed E-state index contributed by atoms with van der Waals surface area (Å²) in [6, 6.07) is 16.3. The van der Waals surface area contributed by atoms with Crippen molar-refractivity contribution in [2.75, 3.05) is 5.32 Å². The van der Waals surface area contributed by atoms with E-state index in [1.807, 2.05) is 36.4 Å². The fraction of sp³-hybridized carbons (Fsp3) is 0.158. The van der Waals surface area contributed by atoms with Crippen LogP contribution in [-0.4, -0.2) is 15.1 Å². The maximum atomic E-state index is 10.5. The Labute approximate surface area is 145 Å². The smallest absolute Gasteiger partial charge is 0.163 e. The Balaban J connectivity index is 1.49. The number of hydrogen-bond acceptors (Lipinski definition) is 5. The number of hydrogen-bond donors (Lipinski definition) is 2. The number of nitrogens with one attached hydrogen (secondary N) is 1. The van der Waals surface area contributed by atoms with Crippen LogP contribution < -0.4 is 5.32 Å². The van der Waals surface area contributed by atoms with E-state index in [1.165, 1.54) is 5.56 Å². The van der Waals surface area contributed by atoms with Crippen molar-refractivity contribution in [1.82, 2.24) is 9.97 Å². The van der Waals surface area contributed by atoms with E-state index in [0.717, 1.165) is 33.4 Å². The summed E-state index contributed by atoms with van der Waals surface area (Å²) in [6.45, 7) is 0. The summed E-state index contributed by atoms with van der Waals surface area (Å²) in [5, 5.41) is 14.7. The van der Waals surface area contributed by atoms with Crippen LogP contribution in [0.2, 0.25) is 0 Å². The first-order valence-corrected chi connectivity index (χ1v) is 8.73. The van der Waals surface area contributed by atoms with Gasteiger partial charge >= 0.3 is 0 Å². The van der Waals surface area contributed by atoms with Crippen LogP contribution in [0.3, 0.4) is 0 Å². The maximum absolute atomic E-state index is 10.5. The summed E-state index contributed by atoms with van der Waals surface area (Å²) < 4.78 is 0. The minimum Gasteiger partial charge on any atom is -0.388 e. The molecule has 0 aliphatic carbocycles. The Hall–Kier alpha value is -2.37. The van der Waals surface area contributed by atoms with Crippen molar-refractivity contribution in [3.8, 4) is 0 Å². The lowest BCUT2D eigenvalue weighted by atomic mass is 10.0. The number of aliphatic hydroxyl groups is 1. The molecule has 0 amide bonds. The Morgan fingerprint density at radius 2 is 1.88 bits per heavy atom. The second-order valence-corrected chi connectivity index (χ2v) is 6.76. The molecule has 0 spiro atoms. The quantitative estimate of drug-likeness (QED) is 0.580. The van der Waals surface area contributed by atoms with E-state index < -0.39 is 6.10 Å². The molecule has 1 aromatic heterocycles. The van der Waals surface area contributed by atoms with Gasteiger partial charge in [-0.1, -0.05) is 48.2 Å². The highest BCUT2D eigenvalue weighted by atomic mass is 32.2. The lowest BCUT2D eigenvalue weighted by Crippen LogP contribution is -2.06. The molecule has 2 aromatic carbocycles. The van der Waals surface area contributed by atoms with E-state index in [-0.39, 0.29) is 0 Å². The number of aliphatic hydroxyl groups excluding tert-OH is 1. The molecule has 120 valence electrons. The van der Waals surface area contributed by atoms with Crippen LogP contribution in [0, 0.1) is 0 Å². The molecule has 5 heteroatoms. The van der Waals surface area contributed by atoms with Gasteiger partial charge in [0.25, 0.3) is 0 Å². The predicted molar refractivity (Wildman–Crippen MR) is 95.6 cm³/mol. The van der Waals surface area contributed by atoms with Gasteiger partial charge in [0, 0.05) is 17.3 Å². The van der Waals surface area contributed by atoms with Crippen molar-refractivity contribution in [2.24, 2.45) is 0 Å². The molecule has 2 N–H and O–H groups in total. The molecule has 1 aliphatic rings. The van der Waals surface area contributed by atoms with Crippen LogP contribution >= 0.6 is 11.8 Å². The van der Waals surface area contributed by atoms with Gasteiger partial charge in [0.05, 0.1) is 11.8 Å². The Morgan fingerprint density at radius 1 is 1.04 bits per heavy atom. The Kier molecular flexibility index (Phi) is 4.19. The van der Waals surface area contributed by atoms with Crippen molar-refractivity contribution in [1.29, 1.82) is 0 Å². The summed E-state index contributed by atoms with van der Waals surface area (Å²) in [5.74, 6) is 0.769. The van der Waals surface area contributed by atoms with E-state index in [0.29, 0.717) is 6.42 Å². The fourth-order valence-electron chi connectivity index (χ4n) is 2.77. The Bertz CT molecular complexity index is 854. The summed E-state index contributed by atoms with van der Waals surface area (Å²) in [7, 11) is 0. The molecular weight excluding hydrogens is 318 g/mol. The van der Waals surface area contributed by atoms with Crippen molar-refractivity contribution < 1.29 is 5.11 Å². The molecule has 2 heterocycles. The fourth-order valence-corrected chi connectivity index (χ4v) is 3.65. The minimum absolute atomic E-state index is 0.481. The zero-order valence-corrected chi connectivity index (χ0v) is 13.8. The standard InChI is InChI=1S/C19H17N3OS/c23-16(8-6-13-4-2-1-3-5-13)14-7-9-17-15(12-14)22-18-19(24-17)21-11-10-20-18/h1-5,7,9-12,16,23H,6,8H2,(H,20,22). The monoisotopic (exact) mass is 335 g/mol. The van der Waals surface area contributed by atoms with Crippen molar-refractivity contribution in [2.45, 2.75) is 28.9 Å². The van der Waals surface area contributed by atoms with Crippen LogP contribution in [0.4, 0.5) is 11.5 Å². The molecule has 0 fully saturated rings. The number of benzene rings is 2. The van der Waals surface area contributed by atoms with E-state index in [1.54, 1.807) is 24.2 Å². The number of rotatable bonds is 4. The van der Waals surface area contributed by atoms with Crippen LogP contribution in [0.5, 0.6) is 0 Å². The molecule has 1 unspecified atom stereocenters. The molecule has 0 saturated carbocycles. The first-order valence-electron chi connectivity index (χ1n) is 7.91. The third-order valence-electron chi connectivity index (χ3n) is 4.06. The number of nitrogens with zero attached hydrogens (tertiary/aromatic N) is 2. The van der Waals surface area contributed by atoms with E-state index in [9.17, 15) is 5.11 Å². The molecule has 24 heavy (non-hydrogen) atoms. The van der Waals surface area contributed by atoms with Crippen LogP contribution in [0.1, 0.15) is 23.7 Å². The van der Waals surface area contributed by atoms with Gasteiger partial charge in [-0.3, -0.25) is 0 Å². The summed E-state index contributed by atoms with van der Waals surface area (Å²) in [6.07, 6.45) is 4.45. The van der Waals surface area contributed by atoms with Crippen LogP contribution in [-0.2, 0) is 6.42 Å². The molecule has 1 atom stereocenters.